The van der Waals surface area contributed by atoms with Crippen LogP contribution >= 0.6 is 0 Å². The van der Waals surface area contributed by atoms with Crippen LogP contribution in [-0.2, 0) is 13.0 Å². The average Bonchev–Trinajstić information content (AvgIpc) is 2.53. The largest absolute Gasteiger partial charge is 0.311 e. The number of pyridine rings is 2. The van der Waals surface area contributed by atoms with E-state index in [-0.39, 0.29) is 0 Å². The summed E-state index contributed by atoms with van der Waals surface area (Å²) in [5, 5.41) is 4.63. The molecule has 1 N–H and O–H groups in total. The Morgan fingerprint density at radius 1 is 0.850 bits per heavy atom. The van der Waals surface area contributed by atoms with Crippen LogP contribution in [0.4, 0.5) is 0 Å². The molecule has 2 heterocycles. The number of nitrogens with one attached hydrogen (secondary N) is 1. The molecular weight excluding hydrogens is 246 g/mol. The van der Waals surface area contributed by atoms with E-state index in [1.54, 1.807) is 0 Å². The van der Waals surface area contributed by atoms with Gasteiger partial charge in [0.25, 0.3) is 0 Å². The van der Waals surface area contributed by atoms with Crippen LogP contribution in [0, 0.1) is 0 Å². The summed E-state index contributed by atoms with van der Waals surface area (Å²) in [6.45, 7) is 1.73. The van der Waals surface area contributed by atoms with Crippen LogP contribution in [0.25, 0.3) is 10.9 Å². The zero-order valence-corrected chi connectivity index (χ0v) is 11.3. The Kier molecular flexibility index (Phi) is 3.99. The molecule has 3 nitrogen and oxygen atoms in total. The summed E-state index contributed by atoms with van der Waals surface area (Å²) in [5.74, 6) is 0. The molecule has 0 fully saturated rings. The molecule has 0 saturated carbocycles. The van der Waals surface area contributed by atoms with Crippen LogP contribution in [0.2, 0.25) is 0 Å². The molecule has 0 amide bonds. The van der Waals surface area contributed by atoms with Gasteiger partial charge in [-0.1, -0.05) is 30.3 Å². The lowest BCUT2D eigenvalue weighted by molar-refractivity contribution is 0.676. The van der Waals surface area contributed by atoms with E-state index < -0.39 is 0 Å². The van der Waals surface area contributed by atoms with E-state index in [0.29, 0.717) is 0 Å². The first-order valence-corrected chi connectivity index (χ1v) is 6.87. The van der Waals surface area contributed by atoms with Gasteiger partial charge in [-0.3, -0.25) is 9.97 Å². The maximum absolute atomic E-state index is 4.48. The Labute approximate surface area is 118 Å². The minimum absolute atomic E-state index is 0.805. The first kappa shape index (κ1) is 12.8. The fraction of sp³-hybridized carbons (Fsp3) is 0.176. The molecule has 1 aromatic carbocycles. The van der Waals surface area contributed by atoms with Crippen molar-refractivity contribution >= 4 is 10.9 Å². The van der Waals surface area contributed by atoms with E-state index >= 15 is 0 Å². The van der Waals surface area contributed by atoms with Gasteiger partial charge < -0.3 is 5.32 Å². The van der Waals surface area contributed by atoms with Gasteiger partial charge >= 0.3 is 0 Å². The van der Waals surface area contributed by atoms with Gasteiger partial charge in [-0.15, -0.1) is 0 Å². The van der Waals surface area contributed by atoms with E-state index in [1.807, 2.05) is 36.7 Å². The van der Waals surface area contributed by atoms with Gasteiger partial charge in [-0.2, -0.15) is 0 Å². The van der Waals surface area contributed by atoms with Gasteiger partial charge in [0.2, 0.25) is 0 Å². The van der Waals surface area contributed by atoms with Crippen molar-refractivity contribution < 1.29 is 0 Å². The van der Waals surface area contributed by atoms with Crippen molar-refractivity contribution in [1.82, 2.24) is 15.3 Å². The number of rotatable bonds is 5. The molecule has 3 heteroatoms. The zero-order chi connectivity index (χ0) is 13.6. The predicted octanol–water partition coefficient (Wildman–Crippen LogP) is 2.96. The summed E-state index contributed by atoms with van der Waals surface area (Å²) >= 11 is 0. The van der Waals surface area contributed by atoms with Crippen LogP contribution in [0.15, 0.2) is 60.9 Å². The predicted molar refractivity (Wildman–Crippen MR) is 81.4 cm³/mol. The number of hydrogen-bond donors (Lipinski definition) is 1. The Bertz CT molecular complexity index is 675. The lowest BCUT2D eigenvalue weighted by Crippen LogP contribution is -2.17. The third kappa shape index (κ3) is 3.00. The van der Waals surface area contributed by atoms with Gasteiger partial charge in [0.1, 0.15) is 0 Å². The van der Waals surface area contributed by atoms with E-state index in [0.717, 1.165) is 30.7 Å². The lowest BCUT2D eigenvalue weighted by Gasteiger charge is -2.07. The number of fused-ring (bicyclic) bond motifs is 1. The molecule has 3 aromatic rings. The fourth-order valence-electron chi connectivity index (χ4n) is 2.31. The Morgan fingerprint density at radius 3 is 2.65 bits per heavy atom. The molecule has 0 aliphatic rings. The molecule has 20 heavy (non-hydrogen) atoms. The molecule has 0 unspecified atom stereocenters. The maximum atomic E-state index is 4.48. The Balaban J connectivity index is 1.60. The van der Waals surface area contributed by atoms with Crippen molar-refractivity contribution in [2.45, 2.75) is 13.0 Å². The molecule has 0 spiro atoms. The molecule has 0 atom stereocenters. The van der Waals surface area contributed by atoms with E-state index in [4.69, 9.17) is 0 Å². The lowest BCUT2D eigenvalue weighted by atomic mass is 10.1. The molecule has 0 saturated heterocycles. The Hall–Kier alpha value is -2.26. The monoisotopic (exact) mass is 263 g/mol. The van der Waals surface area contributed by atoms with E-state index in [9.17, 15) is 0 Å². The number of aromatic nitrogens is 2. The molecule has 0 aliphatic heterocycles. The standard InChI is InChI=1S/C17H17N3/c1-2-10-19-16(8-1)13-18-12-9-15-6-3-5-14-7-4-11-20-17(14)15/h1-8,10-11,18H,9,12-13H2. The van der Waals surface area contributed by atoms with Gasteiger partial charge in [0.15, 0.2) is 0 Å². The van der Waals surface area contributed by atoms with Crippen molar-refractivity contribution in [3.8, 4) is 0 Å². The first-order valence-electron chi connectivity index (χ1n) is 6.87. The smallest absolute Gasteiger partial charge is 0.0734 e. The van der Waals surface area contributed by atoms with Crippen molar-refractivity contribution in [2.75, 3.05) is 6.54 Å². The zero-order valence-electron chi connectivity index (χ0n) is 11.3. The van der Waals surface area contributed by atoms with Crippen LogP contribution in [0.5, 0.6) is 0 Å². The molecule has 0 radical (unpaired) electrons. The highest BCUT2D eigenvalue weighted by Gasteiger charge is 2.01. The summed E-state index contributed by atoms with van der Waals surface area (Å²) in [4.78, 5) is 8.78. The second-order valence-corrected chi connectivity index (χ2v) is 4.74. The second kappa shape index (κ2) is 6.26. The number of nitrogens with zero attached hydrogens (tertiary/aromatic N) is 2. The van der Waals surface area contributed by atoms with Gasteiger partial charge in [-0.25, -0.2) is 0 Å². The third-order valence-corrected chi connectivity index (χ3v) is 3.32. The Morgan fingerprint density at radius 2 is 1.75 bits per heavy atom. The highest BCUT2D eigenvalue weighted by Crippen LogP contribution is 2.15. The third-order valence-electron chi connectivity index (χ3n) is 3.32. The summed E-state index contributed by atoms with van der Waals surface area (Å²) in [6, 6.07) is 16.4. The summed E-state index contributed by atoms with van der Waals surface area (Å²) in [6.07, 6.45) is 4.65. The first-order chi connectivity index (χ1) is 9.93. The summed E-state index contributed by atoms with van der Waals surface area (Å²) in [5.41, 5.74) is 3.47. The SMILES string of the molecule is c1ccc(CNCCc2cccc3cccnc23)nc1. The summed E-state index contributed by atoms with van der Waals surface area (Å²) < 4.78 is 0. The number of para-hydroxylation sites is 1. The minimum Gasteiger partial charge on any atom is -0.311 e. The molecule has 100 valence electrons. The maximum Gasteiger partial charge on any atom is 0.0734 e. The van der Waals surface area contributed by atoms with Crippen LogP contribution in [-0.4, -0.2) is 16.5 Å². The molecule has 2 aromatic heterocycles. The number of benzene rings is 1. The second-order valence-electron chi connectivity index (χ2n) is 4.74. The van der Waals surface area contributed by atoms with Crippen LogP contribution in [0.1, 0.15) is 11.3 Å². The average molecular weight is 263 g/mol. The number of hydrogen-bond acceptors (Lipinski definition) is 3. The van der Waals surface area contributed by atoms with Crippen molar-refractivity contribution in [2.24, 2.45) is 0 Å². The van der Waals surface area contributed by atoms with Crippen LogP contribution < -0.4 is 5.32 Å². The summed E-state index contributed by atoms with van der Waals surface area (Å²) in [7, 11) is 0. The molecular formula is C17H17N3. The molecule has 0 aliphatic carbocycles. The van der Waals surface area contributed by atoms with Gasteiger partial charge in [0.05, 0.1) is 11.2 Å². The quantitative estimate of drug-likeness (QED) is 0.719. The molecule has 3 rings (SSSR count). The van der Waals surface area contributed by atoms with Crippen LogP contribution in [0.3, 0.4) is 0 Å². The van der Waals surface area contributed by atoms with Gasteiger partial charge in [0, 0.05) is 24.3 Å². The van der Waals surface area contributed by atoms with E-state index in [2.05, 4.69) is 39.6 Å². The topological polar surface area (TPSA) is 37.8 Å². The highest BCUT2D eigenvalue weighted by atomic mass is 14.9. The van der Waals surface area contributed by atoms with E-state index in [1.165, 1.54) is 10.9 Å². The molecule has 0 bridgehead atoms. The minimum atomic E-state index is 0.805. The normalized spacial score (nSPS) is 10.8. The highest BCUT2D eigenvalue weighted by molar-refractivity contribution is 5.81. The van der Waals surface area contributed by atoms with Crippen molar-refractivity contribution in [3.05, 3.63) is 72.2 Å². The van der Waals surface area contributed by atoms with Gasteiger partial charge in [-0.05, 0) is 36.7 Å². The van der Waals surface area contributed by atoms with Crippen molar-refractivity contribution in [3.63, 3.8) is 0 Å². The van der Waals surface area contributed by atoms with Crippen molar-refractivity contribution in [1.29, 1.82) is 0 Å². The fourth-order valence-corrected chi connectivity index (χ4v) is 2.31.